The van der Waals surface area contributed by atoms with E-state index in [9.17, 15) is 13.2 Å². The van der Waals surface area contributed by atoms with Crippen molar-refractivity contribution in [1.82, 2.24) is 0 Å². The van der Waals surface area contributed by atoms with Gasteiger partial charge in [-0.1, -0.05) is 168 Å². The molecule has 372 valence electrons. The topological polar surface area (TPSA) is 6.48 Å². The molecule has 0 heterocycles. The molecule has 0 saturated heterocycles. The zero-order chi connectivity index (χ0) is 52.5. The molecule has 5 heteroatoms. The monoisotopic (exact) mass is 994 g/mol. The lowest BCUT2D eigenvalue weighted by molar-refractivity contribution is -0.137. The molecule has 0 radical (unpaired) electrons. The number of aryl methyl sites for hydroxylation is 1. The van der Waals surface area contributed by atoms with E-state index < -0.39 is 17.2 Å². The predicted octanol–water partition coefficient (Wildman–Crippen LogP) is 20.4. The number of nitrogens with zero attached hydrogens (tertiary/aromatic N) is 2. The Morgan fingerprint density at radius 3 is 1.08 bits per heavy atom. The van der Waals surface area contributed by atoms with Crippen LogP contribution in [0.4, 0.5) is 47.3 Å². The molecule has 11 aromatic carbocycles. The van der Waals surface area contributed by atoms with Crippen molar-refractivity contribution in [2.45, 2.75) is 70.9 Å². The summed E-state index contributed by atoms with van der Waals surface area (Å²) in [7, 11) is 0. The van der Waals surface area contributed by atoms with Crippen LogP contribution in [0.2, 0.25) is 0 Å². The van der Waals surface area contributed by atoms with Gasteiger partial charge >= 0.3 is 6.18 Å². The zero-order valence-corrected chi connectivity index (χ0v) is 43.8. The van der Waals surface area contributed by atoms with Crippen molar-refractivity contribution < 1.29 is 13.2 Å². The summed E-state index contributed by atoms with van der Waals surface area (Å²) in [6.07, 6.45) is -4.47. The number of hydrogen-bond donors (Lipinski definition) is 0. The van der Waals surface area contributed by atoms with Crippen LogP contribution in [0.25, 0.3) is 54.6 Å². The summed E-state index contributed by atoms with van der Waals surface area (Å²) in [4.78, 5) is 4.49. The summed E-state index contributed by atoms with van der Waals surface area (Å²) in [5.74, 6) is 0. The number of alkyl halides is 3. The fourth-order valence-electron chi connectivity index (χ4n) is 12.4. The van der Waals surface area contributed by atoms with E-state index in [1.165, 1.54) is 89.0 Å². The third-order valence-corrected chi connectivity index (χ3v) is 16.3. The van der Waals surface area contributed by atoms with E-state index in [0.29, 0.717) is 5.69 Å². The van der Waals surface area contributed by atoms with Crippen LogP contribution in [0.3, 0.4) is 0 Å². The first kappa shape index (κ1) is 47.3. The standard InChI is InChI=1S/C71H57F3N2/c1-44-20-28-48(29-21-44)75(49-30-22-45(23-31-49)68(2,3)4)52-36-38-59-60-39-37-53(76(50-32-24-46(25-33-50)69(5,6)7)51-34-26-47(27-35-51)71(72,73)74)41-66(60)70(65(59)40-52)64-19-13-12-18-58(64)63-42-61-56-16-10-8-14-54(56)55-15-9-11-17-57(55)62(61)43-67(63)70/h8-43H,1-7H3. The van der Waals surface area contributed by atoms with Gasteiger partial charge in [-0.2, -0.15) is 13.2 Å². The zero-order valence-electron chi connectivity index (χ0n) is 43.8. The Kier molecular flexibility index (Phi) is 10.6. The number of benzene rings is 11. The van der Waals surface area contributed by atoms with Gasteiger partial charge in [0.15, 0.2) is 0 Å². The highest BCUT2D eigenvalue weighted by atomic mass is 19.4. The molecule has 2 aliphatic carbocycles. The van der Waals surface area contributed by atoms with Gasteiger partial charge in [0.2, 0.25) is 0 Å². The van der Waals surface area contributed by atoms with E-state index in [2.05, 4.69) is 252 Å². The van der Waals surface area contributed by atoms with Crippen molar-refractivity contribution in [1.29, 1.82) is 0 Å². The molecule has 2 aliphatic rings. The Balaban J connectivity index is 1.11. The van der Waals surface area contributed by atoms with Gasteiger partial charge in [-0.3, -0.25) is 0 Å². The second kappa shape index (κ2) is 17.1. The number of rotatable bonds is 6. The lowest BCUT2D eigenvalue weighted by Gasteiger charge is -2.33. The SMILES string of the molecule is Cc1ccc(N(c2ccc(C(C)(C)C)cc2)c2ccc3c(c2)C2(c4ccccc4-c4cc5c6ccccc6c6ccccc6c5cc42)c2cc(N(c4ccc(C(C)(C)C)cc4)c4ccc(C(F)(F)F)cc4)ccc2-3)cc1. The van der Waals surface area contributed by atoms with Gasteiger partial charge in [0.1, 0.15) is 0 Å². The first-order chi connectivity index (χ1) is 36.5. The molecule has 0 aromatic heterocycles. The summed E-state index contributed by atoms with van der Waals surface area (Å²) in [5.41, 5.74) is 16.8. The molecular weight excluding hydrogens is 938 g/mol. The number of anilines is 6. The van der Waals surface area contributed by atoms with Crippen LogP contribution < -0.4 is 9.80 Å². The Morgan fingerprint density at radius 1 is 0.303 bits per heavy atom. The van der Waals surface area contributed by atoms with E-state index in [0.717, 1.165) is 45.1 Å². The van der Waals surface area contributed by atoms with E-state index in [1.807, 2.05) is 0 Å². The molecule has 11 aromatic rings. The van der Waals surface area contributed by atoms with Crippen LogP contribution >= 0.6 is 0 Å². The fraction of sp³-hybridized carbons (Fsp3) is 0.155. The summed E-state index contributed by atoms with van der Waals surface area (Å²) < 4.78 is 42.6. The Hall–Kier alpha value is -8.41. The summed E-state index contributed by atoms with van der Waals surface area (Å²) in [6.45, 7) is 15.4. The molecule has 1 spiro atoms. The highest BCUT2D eigenvalue weighted by Crippen LogP contribution is 2.65. The highest BCUT2D eigenvalue weighted by molar-refractivity contribution is 6.26. The molecule has 0 bridgehead atoms. The molecule has 1 unspecified atom stereocenters. The van der Waals surface area contributed by atoms with Crippen LogP contribution in [0.5, 0.6) is 0 Å². The third kappa shape index (κ3) is 7.38. The third-order valence-electron chi connectivity index (χ3n) is 16.3. The Morgan fingerprint density at radius 2 is 0.645 bits per heavy atom. The Labute approximate surface area is 443 Å². The van der Waals surface area contributed by atoms with Gasteiger partial charge in [-0.05, 0) is 203 Å². The van der Waals surface area contributed by atoms with Gasteiger partial charge in [-0.25, -0.2) is 0 Å². The van der Waals surface area contributed by atoms with Gasteiger partial charge in [0.05, 0.1) is 11.0 Å². The molecule has 0 fully saturated rings. The normalized spacial score (nSPS) is 14.8. The molecule has 0 saturated carbocycles. The number of fused-ring (bicyclic) bond motifs is 16. The van der Waals surface area contributed by atoms with Crippen molar-refractivity contribution in [2.24, 2.45) is 0 Å². The molecule has 0 amide bonds. The van der Waals surface area contributed by atoms with E-state index in [1.54, 1.807) is 12.1 Å². The van der Waals surface area contributed by atoms with Gasteiger partial charge in [-0.15, -0.1) is 0 Å². The van der Waals surface area contributed by atoms with Crippen molar-refractivity contribution >= 4 is 66.4 Å². The average Bonchev–Trinajstić information content (AvgIpc) is 3.96. The van der Waals surface area contributed by atoms with E-state index in [4.69, 9.17) is 0 Å². The maximum absolute atomic E-state index is 14.2. The number of hydrogen-bond acceptors (Lipinski definition) is 2. The van der Waals surface area contributed by atoms with Crippen LogP contribution in [-0.2, 0) is 22.4 Å². The molecule has 0 aliphatic heterocycles. The molecule has 2 nitrogen and oxygen atoms in total. The van der Waals surface area contributed by atoms with Crippen LogP contribution in [0, 0.1) is 6.92 Å². The highest BCUT2D eigenvalue weighted by Gasteiger charge is 2.52. The molecule has 13 rings (SSSR count). The lowest BCUT2D eigenvalue weighted by Crippen LogP contribution is -2.26. The van der Waals surface area contributed by atoms with E-state index >= 15 is 0 Å². The largest absolute Gasteiger partial charge is 0.416 e. The second-order valence-electron chi connectivity index (χ2n) is 22.9. The Bertz CT molecular complexity index is 4040. The van der Waals surface area contributed by atoms with Gasteiger partial charge in [0, 0.05) is 34.1 Å². The van der Waals surface area contributed by atoms with Gasteiger partial charge < -0.3 is 9.80 Å². The minimum Gasteiger partial charge on any atom is -0.310 e. The van der Waals surface area contributed by atoms with Crippen LogP contribution in [-0.4, -0.2) is 0 Å². The fourth-order valence-corrected chi connectivity index (χ4v) is 12.4. The quantitative estimate of drug-likeness (QED) is 0.153. The molecule has 1 atom stereocenters. The van der Waals surface area contributed by atoms with Crippen molar-refractivity contribution in [3.8, 4) is 22.3 Å². The van der Waals surface area contributed by atoms with Crippen molar-refractivity contribution in [2.75, 3.05) is 9.80 Å². The predicted molar refractivity (Wildman–Crippen MR) is 312 cm³/mol. The van der Waals surface area contributed by atoms with E-state index in [-0.39, 0.29) is 10.8 Å². The number of halogens is 3. The second-order valence-corrected chi connectivity index (χ2v) is 22.9. The first-order valence-electron chi connectivity index (χ1n) is 26.3. The minimum atomic E-state index is -4.47. The maximum Gasteiger partial charge on any atom is 0.416 e. The molecule has 0 N–H and O–H groups in total. The molecular formula is C71H57F3N2. The van der Waals surface area contributed by atoms with Gasteiger partial charge in [0.25, 0.3) is 0 Å². The first-order valence-corrected chi connectivity index (χ1v) is 26.3. The summed E-state index contributed by atoms with van der Waals surface area (Å²) >= 11 is 0. The summed E-state index contributed by atoms with van der Waals surface area (Å²) in [6, 6.07) is 76.9. The summed E-state index contributed by atoms with van der Waals surface area (Å²) in [5, 5.41) is 7.24. The maximum atomic E-state index is 14.2. The van der Waals surface area contributed by atoms with Crippen LogP contribution in [0.15, 0.2) is 218 Å². The lowest BCUT2D eigenvalue weighted by atomic mass is 9.70. The average molecular weight is 995 g/mol. The van der Waals surface area contributed by atoms with Crippen molar-refractivity contribution in [3.63, 3.8) is 0 Å². The van der Waals surface area contributed by atoms with Crippen LogP contribution in [0.1, 0.15) is 86.1 Å². The smallest absolute Gasteiger partial charge is 0.310 e. The van der Waals surface area contributed by atoms with Crippen molar-refractivity contribution in [3.05, 3.63) is 263 Å². The molecule has 76 heavy (non-hydrogen) atoms. The minimum absolute atomic E-state index is 0.0131.